The van der Waals surface area contributed by atoms with Crippen molar-refractivity contribution < 1.29 is 22.8 Å². The predicted molar refractivity (Wildman–Crippen MR) is 108 cm³/mol. The number of hydrogen-bond acceptors (Lipinski definition) is 3. The number of carbonyl (C=O) groups excluding carboxylic acids is 2. The molecule has 2 aliphatic heterocycles. The number of amides is 2. The van der Waals surface area contributed by atoms with Gasteiger partial charge in [0.15, 0.2) is 0 Å². The largest absolute Gasteiger partial charge is 0.408 e. The molecule has 166 valence electrons. The summed E-state index contributed by atoms with van der Waals surface area (Å²) in [5.41, 5.74) is 2.74. The Hall–Kier alpha value is -2.09. The van der Waals surface area contributed by atoms with Gasteiger partial charge in [0, 0.05) is 18.7 Å². The van der Waals surface area contributed by atoms with E-state index in [9.17, 15) is 22.8 Å². The molecule has 2 amide bonds. The van der Waals surface area contributed by atoms with Crippen LogP contribution in [0.25, 0.3) is 0 Å². The van der Waals surface area contributed by atoms with Gasteiger partial charge < -0.3 is 10.2 Å². The first-order chi connectivity index (χ1) is 14.1. The Kier molecular flexibility index (Phi) is 7.06. The molecular formula is C22H30F3N3O2. The van der Waals surface area contributed by atoms with Crippen molar-refractivity contribution in [2.45, 2.75) is 51.7 Å². The van der Waals surface area contributed by atoms with Gasteiger partial charge in [-0.1, -0.05) is 17.2 Å². The first-order valence-electron chi connectivity index (χ1n) is 10.6. The SMILES string of the molecule is Cc1cc(C)cc(C(=O)NCC2CCN(CC(=O)N3CCCC3C(F)(F)F)CC2)c1. The van der Waals surface area contributed by atoms with Crippen LogP contribution >= 0.6 is 0 Å². The molecule has 2 heterocycles. The van der Waals surface area contributed by atoms with Gasteiger partial charge >= 0.3 is 6.18 Å². The first-order valence-corrected chi connectivity index (χ1v) is 10.6. The Bertz CT molecular complexity index is 753. The lowest BCUT2D eigenvalue weighted by atomic mass is 9.96. The second-order valence-corrected chi connectivity index (χ2v) is 8.59. The van der Waals surface area contributed by atoms with Crippen LogP contribution in [0.5, 0.6) is 0 Å². The van der Waals surface area contributed by atoms with Crippen molar-refractivity contribution in [3.63, 3.8) is 0 Å². The fourth-order valence-electron chi connectivity index (χ4n) is 4.48. The number of alkyl halides is 3. The van der Waals surface area contributed by atoms with Gasteiger partial charge in [-0.15, -0.1) is 0 Å². The monoisotopic (exact) mass is 425 g/mol. The average molecular weight is 425 g/mol. The van der Waals surface area contributed by atoms with Crippen molar-refractivity contribution in [3.8, 4) is 0 Å². The predicted octanol–water partition coefficient (Wildman–Crippen LogP) is 3.30. The van der Waals surface area contributed by atoms with Crippen LogP contribution in [-0.2, 0) is 4.79 Å². The van der Waals surface area contributed by atoms with Crippen LogP contribution in [0.4, 0.5) is 13.2 Å². The summed E-state index contributed by atoms with van der Waals surface area (Å²) in [7, 11) is 0. The number of nitrogens with zero attached hydrogens (tertiary/aromatic N) is 2. The molecule has 1 aromatic carbocycles. The van der Waals surface area contributed by atoms with E-state index in [4.69, 9.17) is 0 Å². The molecule has 0 radical (unpaired) electrons. The van der Waals surface area contributed by atoms with Crippen LogP contribution in [0.2, 0.25) is 0 Å². The van der Waals surface area contributed by atoms with E-state index in [0.717, 1.165) is 28.9 Å². The molecule has 8 heteroatoms. The summed E-state index contributed by atoms with van der Waals surface area (Å²) in [6.45, 7) is 6.01. The van der Waals surface area contributed by atoms with Gasteiger partial charge in [0.2, 0.25) is 5.91 Å². The zero-order valence-electron chi connectivity index (χ0n) is 17.6. The maximum Gasteiger partial charge on any atom is 0.408 e. The normalized spacial score (nSPS) is 21.1. The smallest absolute Gasteiger partial charge is 0.352 e. The highest BCUT2D eigenvalue weighted by Crippen LogP contribution is 2.32. The molecule has 1 N–H and O–H groups in total. The van der Waals surface area contributed by atoms with Gasteiger partial charge in [-0.3, -0.25) is 14.5 Å². The molecule has 2 aliphatic rings. The van der Waals surface area contributed by atoms with Gasteiger partial charge in [-0.2, -0.15) is 13.2 Å². The number of aryl methyl sites for hydroxylation is 2. The zero-order valence-corrected chi connectivity index (χ0v) is 17.6. The van der Waals surface area contributed by atoms with E-state index in [1.54, 1.807) is 0 Å². The van der Waals surface area contributed by atoms with Crippen molar-refractivity contribution in [2.75, 3.05) is 32.7 Å². The molecular weight excluding hydrogens is 395 g/mol. The highest BCUT2D eigenvalue weighted by molar-refractivity contribution is 5.94. The third-order valence-corrected chi connectivity index (χ3v) is 6.05. The summed E-state index contributed by atoms with van der Waals surface area (Å²) in [6, 6.07) is 4.11. The fourth-order valence-corrected chi connectivity index (χ4v) is 4.48. The van der Waals surface area contributed by atoms with E-state index in [2.05, 4.69) is 5.32 Å². The molecule has 0 aliphatic carbocycles. The number of likely N-dealkylation sites (tertiary alicyclic amines) is 2. The number of nitrogens with one attached hydrogen (secondary N) is 1. The summed E-state index contributed by atoms with van der Waals surface area (Å²) < 4.78 is 39.2. The summed E-state index contributed by atoms with van der Waals surface area (Å²) >= 11 is 0. The van der Waals surface area contributed by atoms with Crippen molar-refractivity contribution in [3.05, 3.63) is 34.9 Å². The van der Waals surface area contributed by atoms with E-state index in [0.29, 0.717) is 37.5 Å². The number of carbonyl (C=O) groups is 2. The van der Waals surface area contributed by atoms with Crippen LogP contribution < -0.4 is 5.32 Å². The molecule has 2 saturated heterocycles. The van der Waals surface area contributed by atoms with Crippen LogP contribution in [0.1, 0.15) is 47.2 Å². The van der Waals surface area contributed by atoms with Gasteiger partial charge in [0.1, 0.15) is 6.04 Å². The highest BCUT2D eigenvalue weighted by atomic mass is 19.4. The lowest BCUT2D eigenvalue weighted by Crippen LogP contribution is -2.49. The Balaban J connectivity index is 1.42. The van der Waals surface area contributed by atoms with Gasteiger partial charge in [0.05, 0.1) is 6.54 Å². The number of benzene rings is 1. The Morgan fingerprint density at radius 2 is 1.67 bits per heavy atom. The molecule has 1 unspecified atom stereocenters. The van der Waals surface area contributed by atoms with Crippen molar-refractivity contribution in [1.29, 1.82) is 0 Å². The minimum absolute atomic E-state index is 0.00250. The molecule has 0 spiro atoms. The molecule has 1 atom stereocenters. The quantitative estimate of drug-likeness (QED) is 0.788. The lowest BCUT2D eigenvalue weighted by molar-refractivity contribution is -0.183. The van der Waals surface area contributed by atoms with Crippen molar-refractivity contribution in [1.82, 2.24) is 15.1 Å². The van der Waals surface area contributed by atoms with E-state index in [1.807, 2.05) is 36.9 Å². The van der Waals surface area contributed by atoms with Crippen molar-refractivity contribution in [2.24, 2.45) is 5.92 Å². The van der Waals surface area contributed by atoms with Gasteiger partial charge in [-0.05, 0) is 70.7 Å². The Morgan fingerprint density at radius 1 is 1.03 bits per heavy atom. The molecule has 2 fully saturated rings. The van der Waals surface area contributed by atoms with E-state index in [1.165, 1.54) is 0 Å². The van der Waals surface area contributed by atoms with E-state index in [-0.39, 0.29) is 25.4 Å². The van der Waals surface area contributed by atoms with Crippen LogP contribution in [0, 0.1) is 19.8 Å². The highest BCUT2D eigenvalue weighted by Gasteiger charge is 2.47. The van der Waals surface area contributed by atoms with E-state index < -0.39 is 18.1 Å². The maximum absolute atomic E-state index is 13.1. The molecule has 30 heavy (non-hydrogen) atoms. The molecule has 5 nitrogen and oxygen atoms in total. The fraction of sp³-hybridized carbons (Fsp3) is 0.636. The Labute approximate surface area is 175 Å². The average Bonchev–Trinajstić information content (AvgIpc) is 3.17. The topological polar surface area (TPSA) is 52.7 Å². The van der Waals surface area contributed by atoms with Crippen molar-refractivity contribution >= 4 is 11.8 Å². The Morgan fingerprint density at radius 3 is 2.27 bits per heavy atom. The van der Waals surface area contributed by atoms with E-state index >= 15 is 0 Å². The minimum Gasteiger partial charge on any atom is -0.352 e. The molecule has 0 aromatic heterocycles. The minimum atomic E-state index is -4.35. The molecule has 1 aromatic rings. The van der Waals surface area contributed by atoms with Gasteiger partial charge in [0.25, 0.3) is 5.91 Å². The molecule has 0 saturated carbocycles. The molecule has 0 bridgehead atoms. The first kappa shape index (κ1) is 22.6. The van der Waals surface area contributed by atoms with Crippen LogP contribution in [0.15, 0.2) is 18.2 Å². The maximum atomic E-state index is 13.1. The number of rotatable bonds is 5. The number of piperidine rings is 1. The number of hydrogen-bond donors (Lipinski definition) is 1. The molecule has 3 rings (SSSR count). The second-order valence-electron chi connectivity index (χ2n) is 8.59. The van der Waals surface area contributed by atoms with Crippen LogP contribution in [-0.4, -0.2) is 66.6 Å². The van der Waals surface area contributed by atoms with Crippen LogP contribution in [0.3, 0.4) is 0 Å². The summed E-state index contributed by atoms with van der Waals surface area (Å²) in [5, 5.41) is 2.99. The summed E-state index contributed by atoms with van der Waals surface area (Å²) in [6.07, 6.45) is -2.34. The van der Waals surface area contributed by atoms with Gasteiger partial charge in [-0.25, -0.2) is 0 Å². The number of halogens is 3. The third-order valence-electron chi connectivity index (χ3n) is 6.05. The lowest BCUT2D eigenvalue weighted by Gasteiger charge is -2.34. The summed E-state index contributed by atoms with van der Waals surface area (Å²) in [4.78, 5) is 27.7. The third kappa shape index (κ3) is 5.74. The second kappa shape index (κ2) is 9.37. The standard InChI is InChI=1S/C22H30F3N3O2/c1-15-10-16(2)12-18(11-15)21(30)26-13-17-5-8-27(9-6-17)14-20(29)28-7-3-4-19(28)22(23,24)25/h10-12,17,19H,3-9,13-14H2,1-2H3,(H,26,30). The zero-order chi connectivity index (χ0) is 21.9. The summed E-state index contributed by atoms with van der Waals surface area (Å²) in [5.74, 6) is -0.219.